The van der Waals surface area contributed by atoms with Crippen molar-refractivity contribution < 1.29 is 0 Å². The Morgan fingerprint density at radius 2 is 2.56 bits per heavy atom. The van der Waals surface area contributed by atoms with E-state index in [4.69, 9.17) is 0 Å². The van der Waals surface area contributed by atoms with Gasteiger partial charge in [-0.2, -0.15) is 0 Å². The average Bonchev–Trinajstić information content (AvgIpc) is 2.35. The molecular formula is C7H7NS. The summed E-state index contributed by atoms with van der Waals surface area (Å²) in [7, 11) is 0. The maximum Gasteiger partial charge on any atom is 0.0797 e. The zero-order valence-electron chi connectivity index (χ0n) is 5.22. The van der Waals surface area contributed by atoms with Crippen molar-refractivity contribution >= 4 is 23.2 Å². The Balaban J connectivity index is 2.67. The molecule has 1 nitrogen and oxygen atoms in total. The Morgan fingerprint density at radius 3 is 3.33 bits per heavy atom. The highest BCUT2D eigenvalue weighted by molar-refractivity contribution is 7.10. The number of hydrogen-bond acceptors (Lipinski definition) is 2. The van der Waals surface area contributed by atoms with E-state index in [9.17, 15) is 0 Å². The molecule has 2 heteroatoms. The van der Waals surface area contributed by atoms with Crippen LogP contribution in [0.1, 0.15) is 10.4 Å². The molecule has 0 radical (unpaired) electrons. The predicted molar refractivity (Wildman–Crippen MR) is 40.9 cm³/mol. The van der Waals surface area contributed by atoms with Crippen LogP contribution in [0.15, 0.2) is 10.4 Å². The Hall–Kier alpha value is -0.630. The van der Waals surface area contributed by atoms with Crippen LogP contribution in [0.25, 0.3) is 0 Å². The molecular weight excluding hydrogens is 130 g/mol. The van der Waals surface area contributed by atoms with E-state index in [1.54, 1.807) is 11.3 Å². The molecule has 1 aromatic heterocycles. The largest absolute Gasteiger partial charge is 0.259 e. The van der Waals surface area contributed by atoms with Crippen LogP contribution in [0.3, 0.4) is 0 Å². The Morgan fingerprint density at radius 1 is 1.67 bits per heavy atom. The van der Waals surface area contributed by atoms with Crippen molar-refractivity contribution in [2.24, 2.45) is 4.99 Å². The average molecular weight is 137 g/mol. The van der Waals surface area contributed by atoms with Crippen molar-refractivity contribution in [3.63, 3.8) is 0 Å². The summed E-state index contributed by atoms with van der Waals surface area (Å²) in [6.07, 6.45) is 3.02. The molecule has 0 fully saturated rings. The van der Waals surface area contributed by atoms with Crippen LogP contribution in [0, 0.1) is 6.92 Å². The summed E-state index contributed by atoms with van der Waals surface area (Å²) >= 11 is 1.79. The van der Waals surface area contributed by atoms with Crippen molar-refractivity contribution in [1.82, 2.24) is 0 Å². The van der Waals surface area contributed by atoms with Gasteiger partial charge in [0.2, 0.25) is 0 Å². The molecule has 2 rings (SSSR count). The van der Waals surface area contributed by atoms with E-state index in [-0.39, 0.29) is 0 Å². The Bertz CT molecular complexity index is 260. The molecule has 9 heavy (non-hydrogen) atoms. The maximum atomic E-state index is 4.24. The van der Waals surface area contributed by atoms with E-state index < -0.39 is 0 Å². The van der Waals surface area contributed by atoms with E-state index in [0.717, 1.165) is 6.42 Å². The minimum Gasteiger partial charge on any atom is -0.259 e. The van der Waals surface area contributed by atoms with Crippen molar-refractivity contribution in [3.05, 3.63) is 15.8 Å². The Kier molecular flexibility index (Phi) is 0.963. The van der Waals surface area contributed by atoms with Crippen molar-refractivity contribution in [1.29, 1.82) is 0 Å². The fourth-order valence-corrected chi connectivity index (χ4v) is 1.87. The molecule has 0 atom stereocenters. The van der Waals surface area contributed by atoms with Gasteiger partial charge in [-0.25, -0.2) is 0 Å². The second-order valence-corrected chi connectivity index (χ2v) is 3.27. The van der Waals surface area contributed by atoms with Crippen LogP contribution in [-0.2, 0) is 6.42 Å². The lowest BCUT2D eigenvalue weighted by molar-refractivity contribution is 1.44. The summed E-state index contributed by atoms with van der Waals surface area (Å²) in [5.41, 5.74) is 2.62. The first kappa shape index (κ1) is 5.18. The van der Waals surface area contributed by atoms with Gasteiger partial charge in [0.1, 0.15) is 0 Å². The van der Waals surface area contributed by atoms with E-state index in [1.807, 2.05) is 6.21 Å². The first-order valence-corrected chi connectivity index (χ1v) is 3.85. The summed E-state index contributed by atoms with van der Waals surface area (Å²) in [6.45, 7) is 2.12. The molecule has 0 N–H and O–H groups in total. The van der Waals surface area contributed by atoms with Gasteiger partial charge >= 0.3 is 0 Å². The summed E-state index contributed by atoms with van der Waals surface area (Å²) in [5, 5.41) is 2.19. The lowest BCUT2D eigenvalue weighted by Crippen LogP contribution is -1.70. The first-order chi connectivity index (χ1) is 4.38. The zero-order valence-corrected chi connectivity index (χ0v) is 6.03. The van der Waals surface area contributed by atoms with Gasteiger partial charge in [0.05, 0.1) is 5.69 Å². The third-order valence-corrected chi connectivity index (χ3v) is 2.50. The van der Waals surface area contributed by atoms with Gasteiger partial charge in [-0.3, -0.25) is 4.99 Å². The zero-order chi connectivity index (χ0) is 6.27. The third-order valence-electron chi connectivity index (χ3n) is 1.55. The molecule has 1 aromatic rings. The highest BCUT2D eigenvalue weighted by Crippen LogP contribution is 2.32. The van der Waals surface area contributed by atoms with Gasteiger partial charge in [-0.05, 0) is 17.9 Å². The van der Waals surface area contributed by atoms with E-state index >= 15 is 0 Å². The fourth-order valence-electron chi connectivity index (χ4n) is 1.05. The minimum atomic E-state index is 1.04. The number of hydrogen-bond donors (Lipinski definition) is 0. The van der Waals surface area contributed by atoms with Crippen LogP contribution >= 0.6 is 11.3 Å². The number of aliphatic imine (C=N–C) groups is 1. The minimum absolute atomic E-state index is 1.04. The van der Waals surface area contributed by atoms with Crippen LogP contribution in [0.5, 0.6) is 0 Å². The SMILES string of the molecule is Cc1scc2c1N=CC2. The third kappa shape index (κ3) is 0.630. The highest BCUT2D eigenvalue weighted by atomic mass is 32.1. The van der Waals surface area contributed by atoms with E-state index in [2.05, 4.69) is 17.3 Å². The van der Waals surface area contributed by atoms with Crippen molar-refractivity contribution in [2.45, 2.75) is 13.3 Å². The fraction of sp³-hybridized carbons (Fsp3) is 0.286. The van der Waals surface area contributed by atoms with Gasteiger partial charge < -0.3 is 0 Å². The molecule has 0 spiro atoms. The number of aryl methyl sites for hydroxylation is 1. The molecule has 0 saturated heterocycles. The number of fused-ring (bicyclic) bond motifs is 1. The summed E-state index contributed by atoms with van der Waals surface area (Å²) in [6, 6.07) is 0. The lowest BCUT2D eigenvalue weighted by Gasteiger charge is -1.84. The first-order valence-electron chi connectivity index (χ1n) is 2.97. The second-order valence-electron chi connectivity index (χ2n) is 2.18. The molecule has 1 aliphatic rings. The van der Waals surface area contributed by atoms with Crippen LogP contribution < -0.4 is 0 Å². The molecule has 0 saturated carbocycles. The molecule has 2 heterocycles. The van der Waals surface area contributed by atoms with Gasteiger partial charge in [0.25, 0.3) is 0 Å². The smallest absolute Gasteiger partial charge is 0.0797 e. The standard InChI is InChI=1S/C7H7NS/c1-5-7-6(4-9-5)2-3-8-7/h3-4H,2H2,1H3. The lowest BCUT2D eigenvalue weighted by atomic mass is 10.2. The van der Waals surface area contributed by atoms with Crippen LogP contribution in [-0.4, -0.2) is 6.21 Å². The molecule has 1 aliphatic heterocycles. The topological polar surface area (TPSA) is 12.4 Å². The van der Waals surface area contributed by atoms with E-state index in [1.165, 1.54) is 16.1 Å². The van der Waals surface area contributed by atoms with E-state index in [0.29, 0.717) is 0 Å². The molecule has 0 unspecified atom stereocenters. The number of rotatable bonds is 0. The van der Waals surface area contributed by atoms with Crippen LogP contribution in [0.4, 0.5) is 5.69 Å². The highest BCUT2D eigenvalue weighted by Gasteiger charge is 2.09. The van der Waals surface area contributed by atoms with Crippen LogP contribution in [0.2, 0.25) is 0 Å². The maximum absolute atomic E-state index is 4.24. The normalized spacial score (nSPS) is 14.3. The predicted octanol–water partition coefficient (Wildman–Crippen LogP) is 2.31. The van der Waals surface area contributed by atoms with Gasteiger partial charge in [0, 0.05) is 17.5 Å². The molecule has 0 aromatic carbocycles. The molecule has 0 bridgehead atoms. The molecule has 46 valence electrons. The number of nitrogens with zero attached hydrogens (tertiary/aromatic N) is 1. The quantitative estimate of drug-likeness (QED) is 0.520. The Labute approximate surface area is 58.1 Å². The second kappa shape index (κ2) is 1.67. The van der Waals surface area contributed by atoms with Gasteiger partial charge in [-0.15, -0.1) is 11.3 Å². The summed E-state index contributed by atoms with van der Waals surface area (Å²) < 4.78 is 0. The molecule has 0 aliphatic carbocycles. The number of thiophene rings is 1. The van der Waals surface area contributed by atoms with Crippen molar-refractivity contribution in [3.8, 4) is 0 Å². The summed E-state index contributed by atoms with van der Waals surface area (Å²) in [4.78, 5) is 5.59. The van der Waals surface area contributed by atoms with Gasteiger partial charge in [-0.1, -0.05) is 0 Å². The monoisotopic (exact) mass is 137 g/mol. The van der Waals surface area contributed by atoms with Crippen molar-refractivity contribution in [2.75, 3.05) is 0 Å². The molecule has 0 amide bonds. The summed E-state index contributed by atoms with van der Waals surface area (Å²) in [5.74, 6) is 0. The van der Waals surface area contributed by atoms with Gasteiger partial charge in [0.15, 0.2) is 0 Å².